The number of rotatable bonds is 2. The van der Waals surface area contributed by atoms with Crippen molar-refractivity contribution >= 4 is 0 Å². The summed E-state index contributed by atoms with van der Waals surface area (Å²) in [4.78, 5) is 3.81. The van der Waals surface area contributed by atoms with Gasteiger partial charge in [0.25, 0.3) is 0 Å². The molecule has 0 amide bonds. The Morgan fingerprint density at radius 2 is 2.55 bits per heavy atom. The van der Waals surface area contributed by atoms with Crippen molar-refractivity contribution in [3.05, 3.63) is 29.6 Å². The van der Waals surface area contributed by atoms with E-state index in [2.05, 4.69) is 10.4 Å². The first-order valence-corrected chi connectivity index (χ1v) is 3.15. The maximum absolute atomic E-state index is 8.47. The fourth-order valence-electron chi connectivity index (χ4n) is 0.763. The standard InChI is InChI=1S/C7H8N4/c8-4-7-3-6(5-11-9)1-2-10-7/h1-3,11H,5,9H2. The summed E-state index contributed by atoms with van der Waals surface area (Å²) >= 11 is 0. The average molecular weight is 148 g/mol. The third-order valence-corrected chi connectivity index (χ3v) is 1.25. The lowest BCUT2D eigenvalue weighted by Gasteiger charge is -1.97. The van der Waals surface area contributed by atoms with Crippen molar-refractivity contribution < 1.29 is 0 Å². The number of nitriles is 1. The number of nitrogens with two attached hydrogens (primary N) is 1. The Balaban J connectivity index is 2.85. The molecule has 0 aromatic carbocycles. The molecule has 0 aliphatic heterocycles. The molecule has 1 aromatic heterocycles. The molecule has 0 aliphatic rings. The minimum Gasteiger partial charge on any atom is -0.271 e. The molecular formula is C7H8N4. The van der Waals surface area contributed by atoms with E-state index in [4.69, 9.17) is 11.1 Å². The fraction of sp³-hybridized carbons (Fsp3) is 0.143. The van der Waals surface area contributed by atoms with E-state index in [9.17, 15) is 0 Å². The second kappa shape index (κ2) is 3.66. The predicted octanol–water partition coefficient (Wildman–Crippen LogP) is -0.0834. The van der Waals surface area contributed by atoms with Crippen molar-refractivity contribution in [2.45, 2.75) is 6.54 Å². The Labute approximate surface area is 64.6 Å². The van der Waals surface area contributed by atoms with E-state index in [-0.39, 0.29) is 0 Å². The van der Waals surface area contributed by atoms with E-state index in [1.807, 2.05) is 6.07 Å². The number of hydrogen-bond donors (Lipinski definition) is 2. The first-order valence-electron chi connectivity index (χ1n) is 3.15. The molecule has 4 heteroatoms. The summed E-state index contributed by atoms with van der Waals surface area (Å²) in [6.45, 7) is 0.553. The Bertz CT molecular complexity index is 276. The lowest BCUT2D eigenvalue weighted by Crippen LogP contribution is -2.20. The molecule has 0 radical (unpaired) electrons. The van der Waals surface area contributed by atoms with Gasteiger partial charge in [0, 0.05) is 12.7 Å². The van der Waals surface area contributed by atoms with Crippen molar-refractivity contribution in [1.82, 2.24) is 10.4 Å². The zero-order valence-corrected chi connectivity index (χ0v) is 5.91. The van der Waals surface area contributed by atoms with Gasteiger partial charge < -0.3 is 0 Å². The number of nitrogens with one attached hydrogen (secondary N) is 1. The third-order valence-electron chi connectivity index (χ3n) is 1.25. The normalized spacial score (nSPS) is 9.09. The minimum atomic E-state index is 0.415. The molecule has 0 spiro atoms. The molecule has 1 rings (SSSR count). The Morgan fingerprint density at radius 3 is 3.18 bits per heavy atom. The lowest BCUT2D eigenvalue weighted by atomic mass is 10.2. The van der Waals surface area contributed by atoms with Gasteiger partial charge in [0.2, 0.25) is 0 Å². The first-order chi connectivity index (χ1) is 5.36. The van der Waals surface area contributed by atoms with Crippen LogP contribution >= 0.6 is 0 Å². The molecule has 11 heavy (non-hydrogen) atoms. The minimum absolute atomic E-state index is 0.415. The molecule has 0 aliphatic carbocycles. The number of pyridine rings is 1. The number of hydrazine groups is 1. The van der Waals surface area contributed by atoms with Gasteiger partial charge >= 0.3 is 0 Å². The van der Waals surface area contributed by atoms with Crippen molar-refractivity contribution in [2.24, 2.45) is 5.84 Å². The molecular weight excluding hydrogens is 140 g/mol. The van der Waals surface area contributed by atoms with Crippen molar-refractivity contribution in [2.75, 3.05) is 0 Å². The van der Waals surface area contributed by atoms with Gasteiger partial charge in [0.1, 0.15) is 11.8 Å². The summed E-state index contributed by atoms with van der Waals surface area (Å²) in [5.74, 6) is 5.10. The van der Waals surface area contributed by atoms with Crippen LogP contribution in [0.2, 0.25) is 0 Å². The van der Waals surface area contributed by atoms with Crippen LogP contribution < -0.4 is 11.3 Å². The average Bonchev–Trinajstić information content (AvgIpc) is 2.06. The van der Waals surface area contributed by atoms with Gasteiger partial charge in [-0.3, -0.25) is 11.3 Å². The predicted molar refractivity (Wildman–Crippen MR) is 40.0 cm³/mol. The lowest BCUT2D eigenvalue weighted by molar-refractivity contribution is 0.740. The molecule has 0 atom stereocenters. The van der Waals surface area contributed by atoms with Gasteiger partial charge in [-0.05, 0) is 17.7 Å². The highest BCUT2D eigenvalue weighted by Crippen LogP contribution is 1.98. The molecule has 56 valence electrons. The van der Waals surface area contributed by atoms with Crippen LogP contribution in [0.15, 0.2) is 18.3 Å². The summed E-state index contributed by atoms with van der Waals surface area (Å²) < 4.78 is 0. The Hall–Kier alpha value is -1.44. The molecule has 1 aromatic rings. The zero-order valence-electron chi connectivity index (χ0n) is 5.91. The van der Waals surface area contributed by atoms with E-state index in [0.717, 1.165) is 5.56 Å². The monoisotopic (exact) mass is 148 g/mol. The van der Waals surface area contributed by atoms with Gasteiger partial charge in [-0.25, -0.2) is 4.98 Å². The van der Waals surface area contributed by atoms with Crippen LogP contribution in [0.3, 0.4) is 0 Å². The SMILES string of the molecule is N#Cc1cc(CNN)ccn1. The van der Waals surface area contributed by atoms with Gasteiger partial charge in [-0.15, -0.1) is 0 Å². The molecule has 0 saturated carbocycles. The van der Waals surface area contributed by atoms with Crippen molar-refractivity contribution in [1.29, 1.82) is 5.26 Å². The number of aromatic nitrogens is 1. The Morgan fingerprint density at radius 1 is 1.73 bits per heavy atom. The molecule has 0 unspecified atom stereocenters. The van der Waals surface area contributed by atoms with E-state index >= 15 is 0 Å². The molecule has 4 nitrogen and oxygen atoms in total. The quantitative estimate of drug-likeness (QED) is 0.454. The summed E-state index contributed by atoms with van der Waals surface area (Å²) in [6, 6.07) is 5.45. The number of nitrogens with zero attached hydrogens (tertiary/aromatic N) is 2. The van der Waals surface area contributed by atoms with Crippen molar-refractivity contribution in [3.8, 4) is 6.07 Å². The highest BCUT2D eigenvalue weighted by molar-refractivity contribution is 5.25. The second-order valence-electron chi connectivity index (χ2n) is 2.04. The maximum atomic E-state index is 8.47. The van der Waals surface area contributed by atoms with E-state index < -0.39 is 0 Å². The highest BCUT2D eigenvalue weighted by Gasteiger charge is 1.93. The van der Waals surface area contributed by atoms with E-state index in [1.54, 1.807) is 18.3 Å². The van der Waals surface area contributed by atoms with Crippen LogP contribution in [0.5, 0.6) is 0 Å². The molecule has 0 saturated heterocycles. The first kappa shape index (κ1) is 7.66. The van der Waals surface area contributed by atoms with Crippen LogP contribution in [-0.4, -0.2) is 4.98 Å². The van der Waals surface area contributed by atoms with Crippen LogP contribution in [-0.2, 0) is 6.54 Å². The number of hydrogen-bond acceptors (Lipinski definition) is 4. The maximum Gasteiger partial charge on any atom is 0.140 e. The third kappa shape index (κ3) is 2.00. The zero-order chi connectivity index (χ0) is 8.10. The Kier molecular flexibility index (Phi) is 2.55. The van der Waals surface area contributed by atoms with Crippen LogP contribution in [0, 0.1) is 11.3 Å². The summed E-state index contributed by atoms with van der Waals surface area (Å²) in [5, 5.41) is 8.47. The van der Waals surface area contributed by atoms with Crippen LogP contribution in [0.1, 0.15) is 11.3 Å². The molecule has 0 bridgehead atoms. The molecule has 1 heterocycles. The summed E-state index contributed by atoms with van der Waals surface area (Å²) in [7, 11) is 0. The topological polar surface area (TPSA) is 74.7 Å². The van der Waals surface area contributed by atoms with Gasteiger partial charge in [-0.1, -0.05) is 0 Å². The fourth-order valence-corrected chi connectivity index (χ4v) is 0.763. The van der Waals surface area contributed by atoms with Crippen LogP contribution in [0.4, 0.5) is 0 Å². The smallest absolute Gasteiger partial charge is 0.140 e. The summed E-state index contributed by atoms with van der Waals surface area (Å²) in [6.07, 6.45) is 1.59. The van der Waals surface area contributed by atoms with Crippen LogP contribution in [0.25, 0.3) is 0 Å². The van der Waals surface area contributed by atoms with Crippen molar-refractivity contribution in [3.63, 3.8) is 0 Å². The summed E-state index contributed by atoms with van der Waals surface area (Å²) in [5.41, 5.74) is 3.87. The molecule has 3 N–H and O–H groups in total. The van der Waals surface area contributed by atoms with E-state index in [0.29, 0.717) is 12.2 Å². The van der Waals surface area contributed by atoms with Gasteiger partial charge in [-0.2, -0.15) is 5.26 Å². The van der Waals surface area contributed by atoms with Gasteiger partial charge in [0.15, 0.2) is 0 Å². The largest absolute Gasteiger partial charge is 0.271 e. The highest BCUT2D eigenvalue weighted by atomic mass is 15.2. The van der Waals surface area contributed by atoms with E-state index in [1.165, 1.54) is 0 Å². The second-order valence-corrected chi connectivity index (χ2v) is 2.04. The van der Waals surface area contributed by atoms with Gasteiger partial charge in [0.05, 0.1) is 0 Å². The molecule has 0 fully saturated rings.